The average Bonchev–Trinajstić information content (AvgIpc) is 2.59. The molecule has 2 aromatic rings. The van der Waals surface area contributed by atoms with E-state index in [0.29, 0.717) is 22.7 Å². The second-order valence-corrected chi connectivity index (χ2v) is 3.42. The summed E-state index contributed by atoms with van der Waals surface area (Å²) in [5.74, 6) is 0.0941. The summed E-state index contributed by atoms with van der Waals surface area (Å²) in [4.78, 5) is 0. The third kappa shape index (κ3) is 1.60. The summed E-state index contributed by atoms with van der Waals surface area (Å²) in [6, 6.07) is 4.63. The molecule has 1 aromatic heterocycles. The summed E-state index contributed by atoms with van der Waals surface area (Å²) in [6.45, 7) is 0. The maximum Gasteiger partial charge on any atom is 0.136 e. The Morgan fingerprint density at radius 2 is 2.19 bits per heavy atom. The predicted molar refractivity (Wildman–Crippen MR) is 59.6 cm³/mol. The van der Waals surface area contributed by atoms with Crippen LogP contribution in [0.3, 0.4) is 0 Å². The standard InChI is InChI=1S/C11H12FN3O/c1-15-11(10(13)6-14-15)8-4-3-7(16-2)5-9(8)12/h3-6H,13H2,1-2H3. The molecule has 0 radical (unpaired) electrons. The Morgan fingerprint density at radius 1 is 1.44 bits per heavy atom. The van der Waals surface area contributed by atoms with Gasteiger partial charge >= 0.3 is 0 Å². The summed E-state index contributed by atoms with van der Waals surface area (Å²) < 4.78 is 20.3. The van der Waals surface area contributed by atoms with Crippen molar-refractivity contribution in [3.8, 4) is 17.0 Å². The number of hydrogen-bond acceptors (Lipinski definition) is 3. The van der Waals surface area contributed by atoms with Gasteiger partial charge in [0.1, 0.15) is 11.6 Å². The van der Waals surface area contributed by atoms with E-state index in [1.165, 1.54) is 19.4 Å². The van der Waals surface area contributed by atoms with E-state index in [9.17, 15) is 4.39 Å². The van der Waals surface area contributed by atoms with E-state index in [0.717, 1.165) is 0 Å². The highest BCUT2D eigenvalue weighted by Gasteiger charge is 2.13. The Bertz CT molecular complexity index is 502. The van der Waals surface area contributed by atoms with Gasteiger partial charge in [0.25, 0.3) is 0 Å². The van der Waals surface area contributed by atoms with Crippen LogP contribution in [0.2, 0.25) is 0 Å². The van der Waals surface area contributed by atoms with Crippen LogP contribution in [0.1, 0.15) is 0 Å². The lowest BCUT2D eigenvalue weighted by atomic mass is 10.1. The molecule has 0 amide bonds. The molecule has 16 heavy (non-hydrogen) atoms. The van der Waals surface area contributed by atoms with Crippen LogP contribution in [-0.2, 0) is 7.05 Å². The topological polar surface area (TPSA) is 53.1 Å². The lowest BCUT2D eigenvalue weighted by Gasteiger charge is -2.07. The Hall–Kier alpha value is -2.04. The van der Waals surface area contributed by atoms with Crippen molar-refractivity contribution < 1.29 is 9.13 Å². The zero-order valence-electron chi connectivity index (χ0n) is 9.07. The summed E-state index contributed by atoms with van der Waals surface area (Å²) in [5, 5.41) is 3.97. The monoisotopic (exact) mass is 221 g/mol. The summed E-state index contributed by atoms with van der Waals surface area (Å²) in [7, 11) is 3.21. The van der Waals surface area contributed by atoms with E-state index in [4.69, 9.17) is 10.5 Å². The number of nitrogen functional groups attached to an aromatic ring is 1. The Kier molecular flexibility index (Phi) is 2.52. The van der Waals surface area contributed by atoms with Crippen molar-refractivity contribution in [1.82, 2.24) is 9.78 Å². The molecule has 0 bridgehead atoms. The lowest BCUT2D eigenvalue weighted by Crippen LogP contribution is -1.98. The largest absolute Gasteiger partial charge is 0.497 e. The molecule has 0 spiro atoms. The number of ether oxygens (including phenoxy) is 1. The Labute approximate surface area is 92.4 Å². The highest BCUT2D eigenvalue weighted by atomic mass is 19.1. The van der Waals surface area contributed by atoms with E-state index in [-0.39, 0.29) is 5.82 Å². The van der Waals surface area contributed by atoms with Gasteiger partial charge in [-0.15, -0.1) is 0 Å². The molecule has 84 valence electrons. The van der Waals surface area contributed by atoms with E-state index in [1.807, 2.05) is 0 Å². The van der Waals surface area contributed by atoms with Gasteiger partial charge in [-0.25, -0.2) is 4.39 Å². The minimum absolute atomic E-state index is 0.380. The molecule has 0 atom stereocenters. The number of rotatable bonds is 2. The third-order valence-electron chi connectivity index (χ3n) is 2.40. The zero-order chi connectivity index (χ0) is 11.7. The van der Waals surface area contributed by atoms with Gasteiger partial charge in [-0.3, -0.25) is 4.68 Å². The van der Waals surface area contributed by atoms with E-state index >= 15 is 0 Å². The SMILES string of the molecule is COc1ccc(-c2c(N)cnn2C)c(F)c1. The van der Waals surface area contributed by atoms with Crippen molar-refractivity contribution in [2.75, 3.05) is 12.8 Å². The number of aromatic nitrogens is 2. The first-order valence-corrected chi connectivity index (χ1v) is 4.75. The van der Waals surface area contributed by atoms with Gasteiger partial charge in [0.2, 0.25) is 0 Å². The number of nitrogens with zero attached hydrogens (tertiary/aromatic N) is 2. The number of nitrogens with two attached hydrogens (primary N) is 1. The molecular formula is C11H12FN3O. The highest BCUT2D eigenvalue weighted by molar-refractivity contribution is 5.73. The molecule has 5 heteroatoms. The summed E-state index contributed by atoms with van der Waals surface area (Å²) in [5.41, 5.74) is 7.17. The normalized spacial score (nSPS) is 10.4. The van der Waals surface area contributed by atoms with E-state index in [1.54, 1.807) is 23.9 Å². The fourth-order valence-electron chi connectivity index (χ4n) is 1.60. The minimum Gasteiger partial charge on any atom is -0.497 e. The number of hydrogen-bond donors (Lipinski definition) is 1. The molecule has 0 aliphatic carbocycles. The van der Waals surface area contributed by atoms with Crippen molar-refractivity contribution in [3.05, 3.63) is 30.2 Å². The van der Waals surface area contributed by atoms with Crippen LogP contribution in [0.4, 0.5) is 10.1 Å². The maximum absolute atomic E-state index is 13.8. The zero-order valence-corrected chi connectivity index (χ0v) is 9.07. The predicted octanol–water partition coefficient (Wildman–Crippen LogP) is 1.82. The molecule has 2 N–H and O–H groups in total. The fourth-order valence-corrected chi connectivity index (χ4v) is 1.60. The van der Waals surface area contributed by atoms with Gasteiger partial charge in [0.05, 0.1) is 24.7 Å². The molecule has 1 aromatic carbocycles. The van der Waals surface area contributed by atoms with Crippen molar-refractivity contribution >= 4 is 5.69 Å². The van der Waals surface area contributed by atoms with Gasteiger partial charge in [-0.2, -0.15) is 5.10 Å². The van der Waals surface area contributed by atoms with Gasteiger partial charge < -0.3 is 10.5 Å². The van der Waals surface area contributed by atoms with Crippen molar-refractivity contribution in [2.24, 2.45) is 7.05 Å². The Balaban J connectivity index is 2.57. The molecule has 2 rings (SSSR count). The van der Waals surface area contributed by atoms with Crippen LogP contribution < -0.4 is 10.5 Å². The van der Waals surface area contributed by atoms with Crippen LogP contribution in [0.25, 0.3) is 11.3 Å². The molecule has 0 unspecified atom stereocenters. The second kappa shape index (κ2) is 3.84. The molecule has 0 saturated carbocycles. The Morgan fingerprint density at radius 3 is 2.69 bits per heavy atom. The molecule has 0 saturated heterocycles. The van der Waals surface area contributed by atoms with Gasteiger partial charge in [0, 0.05) is 18.7 Å². The van der Waals surface area contributed by atoms with Crippen LogP contribution >= 0.6 is 0 Å². The minimum atomic E-state index is -0.380. The highest BCUT2D eigenvalue weighted by Crippen LogP contribution is 2.29. The average molecular weight is 221 g/mol. The molecule has 0 fully saturated rings. The third-order valence-corrected chi connectivity index (χ3v) is 2.40. The number of halogens is 1. The summed E-state index contributed by atoms with van der Waals surface area (Å²) in [6.07, 6.45) is 1.50. The van der Waals surface area contributed by atoms with Crippen LogP contribution in [0, 0.1) is 5.82 Å². The molecule has 1 heterocycles. The van der Waals surface area contributed by atoms with Crippen molar-refractivity contribution in [1.29, 1.82) is 0 Å². The lowest BCUT2D eigenvalue weighted by molar-refractivity contribution is 0.411. The number of aryl methyl sites for hydroxylation is 1. The van der Waals surface area contributed by atoms with Crippen molar-refractivity contribution in [2.45, 2.75) is 0 Å². The van der Waals surface area contributed by atoms with Gasteiger partial charge in [0.15, 0.2) is 0 Å². The van der Waals surface area contributed by atoms with Crippen LogP contribution in [0.5, 0.6) is 5.75 Å². The fraction of sp³-hybridized carbons (Fsp3) is 0.182. The number of benzene rings is 1. The molecule has 0 aliphatic heterocycles. The molecular weight excluding hydrogens is 209 g/mol. The quantitative estimate of drug-likeness (QED) is 0.841. The second-order valence-electron chi connectivity index (χ2n) is 3.42. The molecule has 0 aliphatic rings. The number of anilines is 1. The smallest absolute Gasteiger partial charge is 0.136 e. The summed E-state index contributed by atoms with van der Waals surface area (Å²) >= 11 is 0. The van der Waals surface area contributed by atoms with Crippen molar-refractivity contribution in [3.63, 3.8) is 0 Å². The van der Waals surface area contributed by atoms with Gasteiger partial charge in [-0.05, 0) is 12.1 Å². The maximum atomic E-state index is 13.8. The van der Waals surface area contributed by atoms with Crippen LogP contribution in [0.15, 0.2) is 24.4 Å². The van der Waals surface area contributed by atoms with E-state index in [2.05, 4.69) is 5.10 Å². The van der Waals surface area contributed by atoms with Crippen LogP contribution in [-0.4, -0.2) is 16.9 Å². The van der Waals surface area contributed by atoms with E-state index < -0.39 is 0 Å². The molecule has 4 nitrogen and oxygen atoms in total. The first-order valence-electron chi connectivity index (χ1n) is 4.75. The first kappa shape index (κ1) is 10.5. The first-order chi connectivity index (χ1) is 7.63. The van der Waals surface area contributed by atoms with Gasteiger partial charge in [-0.1, -0.05) is 0 Å². The number of methoxy groups -OCH3 is 1.